The van der Waals surface area contributed by atoms with E-state index in [-0.39, 0.29) is 12.2 Å². The Kier molecular flexibility index (Phi) is 8.19. The topological polar surface area (TPSA) is 69.9 Å². The van der Waals surface area contributed by atoms with Gasteiger partial charge in [0.25, 0.3) is 5.56 Å². The molecule has 1 atom stereocenters. The fraction of sp³-hybridized carbons (Fsp3) is 0.121. The third-order valence-electron chi connectivity index (χ3n) is 6.68. The molecule has 9 heteroatoms. The minimum Gasteiger partial charge on any atom is -0.488 e. The molecule has 0 fully saturated rings. The summed E-state index contributed by atoms with van der Waals surface area (Å²) < 4.78 is 13.7. The van der Waals surface area contributed by atoms with Crippen LogP contribution in [0.4, 0.5) is 0 Å². The molecule has 0 radical (unpaired) electrons. The van der Waals surface area contributed by atoms with Crippen molar-refractivity contribution in [2.24, 2.45) is 4.99 Å². The van der Waals surface area contributed by atoms with E-state index in [9.17, 15) is 9.59 Å². The molecule has 0 amide bonds. The fourth-order valence-electron chi connectivity index (χ4n) is 4.80. The molecule has 6 nitrogen and oxygen atoms in total. The second kappa shape index (κ2) is 12.3. The van der Waals surface area contributed by atoms with Crippen LogP contribution in [-0.2, 0) is 16.1 Å². The fourth-order valence-corrected chi connectivity index (χ4v) is 6.79. The zero-order valence-electron chi connectivity index (χ0n) is 22.5. The number of fused-ring (bicyclic) bond motifs is 1. The van der Waals surface area contributed by atoms with Crippen molar-refractivity contribution in [1.29, 1.82) is 0 Å². The number of benzene rings is 3. The Morgan fingerprint density at radius 1 is 1.02 bits per heavy atom. The van der Waals surface area contributed by atoms with E-state index in [1.54, 1.807) is 35.8 Å². The molecule has 5 aromatic rings. The molecule has 0 unspecified atom stereocenters. The second-order valence-electron chi connectivity index (χ2n) is 9.40. The number of carbonyl (C=O) groups excluding carboxylic acids is 1. The number of hydrogen-bond acceptors (Lipinski definition) is 7. The average Bonchev–Trinajstić information content (AvgIpc) is 3.65. The first-order chi connectivity index (χ1) is 20.5. The number of nitrogens with zero attached hydrogens (tertiary/aromatic N) is 2. The molecule has 0 N–H and O–H groups in total. The van der Waals surface area contributed by atoms with Gasteiger partial charge in [-0.3, -0.25) is 9.36 Å². The summed E-state index contributed by atoms with van der Waals surface area (Å²) in [6, 6.07) is 27.8. The molecule has 0 saturated heterocycles. The molecular formula is C33H25ClN2O4S2. The molecule has 1 aliphatic heterocycles. The Bertz CT molecular complexity index is 1950. The van der Waals surface area contributed by atoms with Crippen molar-refractivity contribution in [3.05, 3.63) is 148 Å². The Hall–Kier alpha value is -4.24. The maximum atomic E-state index is 14.1. The molecule has 0 saturated carbocycles. The largest absolute Gasteiger partial charge is 0.488 e. The smallest absolute Gasteiger partial charge is 0.338 e. The van der Waals surface area contributed by atoms with Gasteiger partial charge in [0.15, 0.2) is 4.80 Å². The molecule has 42 heavy (non-hydrogen) atoms. The lowest BCUT2D eigenvalue weighted by atomic mass is 9.97. The van der Waals surface area contributed by atoms with Crippen LogP contribution in [0.1, 0.15) is 34.5 Å². The SMILES string of the molecule is CCOC(=O)C1=C(c2ccccc2)N=c2s/c(=C\c3cc(Cl)ccc3OCc3ccccc3)c(=O)n2[C@@H]1c1cccs1. The van der Waals surface area contributed by atoms with Crippen LogP contribution in [0.2, 0.25) is 5.02 Å². The number of thiophene rings is 1. The van der Waals surface area contributed by atoms with Gasteiger partial charge >= 0.3 is 5.97 Å². The molecular weight excluding hydrogens is 588 g/mol. The van der Waals surface area contributed by atoms with Gasteiger partial charge in [0.1, 0.15) is 18.4 Å². The van der Waals surface area contributed by atoms with Crippen molar-refractivity contribution in [2.75, 3.05) is 6.61 Å². The molecule has 3 aromatic carbocycles. The predicted octanol–water partition coefficient (Wildman–Crippen LogP) is 6.23. The van der Waals surface area contributed by atoms with Gasteiger partial charge < -0.3 is 9.47 Å². The van der Waals surface area contributed by atoms with Gasteiger partial charge in [-0.05, 0) is 48.2 Å². The van der Waals surface area contributed by atoms with Crippen molar-refractivity contribution in [2.45, 2.75) is 19.6 Å². The monoisotopic (exact) mass is 612 g/mol. The summed E-state index contributed by atoms with van der Waals surface area (Å²) in [5.74, 6) is 0.0975. The van der Waals surface area contributed by atoms with E-state index < -0.39 is 12.0 Å². The maximum Gasteiger partial charge on any atom is 0.338 e. The number of carbonyl (C=O) groups is 1. The van der Waals surface area contributed by atoms with Gasteiger partial charge in [-0.2, -0.15) is 0 Å². The van der Waals surface area contributed by atoms with E-state index in [2.05, 4.69) is 0 Å². The van der Waals surface area contributed by atoms with Crippen LogP contribution >= 0.6 is 34.3 Å². The van der Waals surface area contributed by atoms with Crippen LogP contribution in [0.5, 0.6) is 5.75 Å². The summed E-state index contributed by atoms with van der Waals surface area (Å²) in [5.41, 5.74) is 3.03. The van der Waals surface area contributed by atoms with Crippen LogP contribution in [0, 0.1) is 0 Å². The molecule has 0 bridgehead atoms. The van der Waals surface area contributed by atoms with Gasteiger partial charge in [0.05, 0.1) is 22.4 Å². The van der Waals surface area contributed by atoms with Crippen molar-refractivity contribution in [1.82, 2.24) is 4.57 Å². The number of halogens is 1. The van der Waals surface area contributed by atoms with Crippen LogP contribution in [0.3, 0.4) is 0 Å². The van der Waals surface area contributed by atoms with E-state index in [4.69, 9.17) is 26.1 Å². The Morgan fingerprint density at radius 3 is 2.50 bits per heavy atom. The second-order valence-corrected chi connectivity index (χ2v) is 11.8. The normalized spacial score (nSPS) is 14.8. The average molecular weight is 613 g/mol. The lowest BCUT2D eigenvalue weighted by molar-refractivity contribution is -0.138. The molecule has 2 aromatic heterocycles. The third kappa shape index (κ3) is 5.61. The minimum atomic E-state index is -0.689. The molecule has 210 valence electrons. The van der Waals surface area contributed by atoms with Crippen molar-refractivity contribution in [3.63, 3.8) is 0 Å². The first-order valence-corrected chi connectivity index (χ1v) is 15.4. The first-order valence-electron chi connectivity index (χ1n) is 13.3. The number of thiazole rings is 1. The number of ether oxygens (including phenoxy) is 2. The highest BCUT2D eigenvalue weighted by molar-refractivity contribution is 7.10. The van der Waals surface area contributed by atoms with Gasteiger partial charge in [-0.1, -0.05) is 89.7 Å². The summed E-state index contributed by atoms with van der Waals surface area (Å²) >= 11 is 9.11. The summed E-state index contributed by atoms with van der Waals surface area (Å²) in [5, 5.41) is 2.45. The predicted molar refractivity (Wildman–Crippen MR) is 168 cm³/mol. The summed E-state index contributed by atoms with van der Waals surface area (Å²) in [4.78, 5) is 33.8. The highest BCUT2D eigenvalue weighted by Crippen LogP contribution is 2.37. The Morgan fingerprint density at radius 2 is 1.79 bits per heavy atom. The van der Waals surface area contributed by atoms with E-state index in [1.165, 1.54) is 22.7 Å². The van der Waals surface area contributed by atoms with Crippen molar-refractivity contribution < 1.29 is 14.3 Å². The number of rotatable bonds is 8. The number of esters is 1. The standard InChI is InChI=1S/C33H25ClN2O4S2/c1-2-39-32(38)28-29(22-12-7-4-8-13-22)35-33-36(30(28)26-14-9-17-41-26)31(37)27(42-33)19-23-18-24(34)15-16-25(23)40-20-21-10-5-3-6-11-21/h3-19,30H,2,20H2,1H3/b27-19-/t30-/m1/s1. The molecule has 3 heterocycles. The quantitative estimate of drug-likeness (QED) is 0.195. The number of aromatic nitrogens is 1. The number of hydrogen-bond donors (Lipinski definition) is 0. The van der Waals surface area contributed by atoms with E-state index in [0.29, 0.717) is 43.5 Å². The van der Waals surface area contributed by atoms with E-state index >= 15 is 0 Å². The zero-order valence-corrected chi connectivity index (χ0v) is 24.9. The van der Waals surface area contributed by atoms with Crippen LogP contribution in [0.15, 0.2) is 112 Å². The summed E-state index contributed by atoms with van der Waals surface area (Å²) in [6.45, 7) is 2.33. The lowest BCUT2D eigenvalue weighted by Crippen LogP contribution is -2.39. The minimum absolute atomic E-state index is 0.201. The van der Waals surface area contributed by atoms with Crippen molar-refractivity contribution in [3.8, 4) is 5.75 Å². The molecule has 6 rings (SSSR count). The van der Waals surface area contributed by atoms with Crippen LogP contribution in [-0.4, -0.2) is 17.1 Å². The zero-order chi connectivity index (χ0) is 29.1. The summed E-state index contributed by atoms with van der Waals surface area (Å²) in [6.07, 6.45) is 1.78. The van der Waals surface area contributed by atoms with Gasteiger partial charge in [0.2, 0.25) is 0 Å². The van der Waals surface area contributed by atoms with Gasteiger partial charge in [-0.15, -0.1) is 11.3 Å². The van der Waals surface area contributed by atoms with E-state index in [1.807, 2.05) is 78.2 Å². The lowest BCUT2D eigenvalue weighted by Gasteiger charge is -2.24. The third-order valence-corrected chi connectivity index (χ3v) is 8.82. The summed E-state index contributed by atoms with van der Waals surface area (Å²) in [7, 11) is 0. The Balaban J connectivity index is 1.53. The molecule has 1 aliphatic rings. The van der Waals surface area contributed by atoms with Gasteiger partial charge in [-0.25, -0.2) is 9.79 Å². The highest BCUT2D eigenvalue weighted by atomic mass is 35.5. The first kappa shape index (κ1) is 27.9. The molecule has 0 spiro atoms. The van der Waals surface area contributed by atoms with Crippen molar-refractivity contribution >= 4 is 52.0 Å². The van der Waals surface area contributed by atoms with Crippen LogP contribution in [0.25, 0.3) is 11.8 Å². The highest BCUT2D eigenvalue weighted by Gasteiger charge is 2.35. The Labute approximate surface area is 255 Å². The maximum absolute atomic E-state index is 14.1. The van der Waals surface area contributed by atoms with Gasteiger partial charge in [0, 0.05) is 21.0 Å². The van der Waals surface area contributed by atoms with Crippen LogP contribution < -0.4 is 19.6 Å². The molecule has 0 aliphatic carbocycles. The van der Waals surface area contributed by atoms with E-state index in [0.717, 1.165) is 16.0 Å².